The van der Waals surface area contributed by atoms with Crippen LogP contribution in [0, 0.1) is 29.2 Å². The standard InChI is InChI=1S/C14H14F4N2O2/c1-6-2-3-20(9(4-6)13(19)21)14(22)7-5-8(15)11(17)12(18)10(7)16/h5-6,9H,2-4H2,1H3,(H2,19,21). The molecule has 0 saturated carbocycles. The number of halogens is 4. The van der Waals surface area contributed by atoms with E-state index in [1.807, 2.05) is 6.92 Å². The van der Waals surface area contributed by atoms with Crippen molar-refractivity contribution in [2.75, 3.05) is 6.54 Å². The topological polar surface area (TPSA) is 63.4 Å². The van der Waals surface area contributed by atoms with Crippen molar-refractivity contribution >= 4 is 11.8 Å². The lowest BCUT2D eigenvalue weighted by Crippen LogP contribution is -2.52. The zero-order valence-electron chi connectivity index (χ0n) is 11.7. The minimum atomic E-state index is -2.07. The van der Waals surface area contributed by atoms with E-state index in [4.69, 9.17) is 5.73 Å². The average Bonchev–Trinajstić information content (AvgIpc) is 2.48. The van der Waals surface area contributed by atoms with Crippen LogP contribution in [0.1, 0.15) is 30.1 Å². The van der Waals surface area contributed by atoms with Gasteiger partial charge in [0.1, 0.15) is 6.04 Å². The molecule has 2 N–H and O–H groups in total. The summed E-state index contributed by atoms with van der Waals surface area (Å²) in [5.74, 6) is -9.28. The highest BCUT2D eigenvalue weighted by molar-refractivity contribution is 5.97. The van der Waals surface area contributed by atoms with E-state index in [0.717, 1.165) is 4.90 Å². The highest BCUT2D eigenvalue weighted by Crippen LogP contribution is 2.26. The highest BCUT2D eigenvalue weighted by atomic mass is 19.2. The molecule has 0 bridgehead atoms. The molecule has 2 rings (SSSR count). The molecule has 0 aromatic heterocycles. The summed E-state index contributed by atoms with van der Waals surface area (Å²) >= 11 is 0. The average molecular weight is 318 g/mol. The predicted molar refractivity (Wildman–Crippen MR) is 68.7 cm³/mol. The van der Waals surface area contributed by atoms with Gasteiger partial charge in [-0.05, 0) is 24.8 Å². The third kappa shape index (κ3) is 2.77. The molecule has 1 aliphatic heterocycles. The monoisotopic (exact) mass is 318 g/mol. The molecule has 1 heterocycles. The molecule has 1 aromatic rings. The Hall–Kier alpha value is -2.12. The van der Waals surface area contributed by atoms with Crippen molar-refractivity contribution in [1.82, 2.24) is 4.90 Å². The quantitative estimate of drug-likeness (QED) is 0.515. The Morgan fingerprint density at radius 1 is 1.18 bits per heavy atom. The number of nitrogens with two attached hydrogens (primary N) is 1. The molecule has 2 unspecified atom stereocenters. The van der Waals surface area contributed by atoms with Gasteiger partial charge in [-0.15, -0.1) is 0 Å². The Morgan fingerprint density at radius 3 is 2.41 bits per heavy atom. The lowest BCUT2D eigenvalue weighted by molar-refractivity contribution is -0.124. The number of benzene rings is 1. The van der Waals surface area contributed by atoms with Crippen LogP contribution in [0.4, 0.5) is 17.6 Å². The fraction of sp³-hybridized carbons (Fsp3) is 0.429. The maximum absolute atomic E-state index is 13.7. The van der Waals surface area contributed by atoms with Crippen molar-refractivity contribution in [1.29, 1.82) is 0 Å². The molecule has 1 fully saturated rings. The number of piperidine rings is 1. The number of carbonyl (C=O) groups excluding carboxylic acids is 2. The molecule has 1 aromatic carbocycles. The maximum atomic E-state index is 13.7. The number of amides is 2. The van der Waals surface area contributed by atoms with Crippen LogP contribution >= 0.6 is 0 Å². The number of carbonyl (C=O) groups is 2. The van der Waals surface area contributed by atoms with Crippen molar-refractivity contribution < 1.29 is 27.2 Å². The SMILES string of the molecule is CC1CCN(C(=O)c2cc(F)c(F)c(F)c2F)C(C(N)=O)C1. The first kappa shape index (κ1) is 16.3. The summed E-state index contributed by atoms with van der Waals surface area (Å²) in [6.07, 6.45) is 0.804. The summed E-state index contributed by atoms with van der Waals surface area (Å²) in [7, 11) is 0. The van der Waals surface area contributed by atoms with Crippen molar-refractivity contribution in [3.05, 3.63) is 34.9 Å². The van der Waals surface area contributed by atoms with Crippen LogP contribution in [0.25, 0.3) is 0 Å². The molecule has 120 valence electrons. The number of likely N-dealkylation sites (tertiary alicyclic amines) is 1. The van der Waals surface area contributed by atoms with E-state index in [-0.39, 0.29) is 24.9 Å². The molecule has 2 atom stereocenters. The van der Waals surface area contributed by atoms with Gasteiger partial charge in [-0.3, -0.25) is 9.59 Å². The molecule has 1 aliphatic rings. The molecule has 1 saturated heterocycles. The predicted octanol–water partition coefficient (Wildman–Crippen LogP) is 1.97. The summed E-state index contributed by atoms with van der Waals surface area (Å²) in [6.45, 7) is 1.95. The third-order valence-corrected chi connectivity index (χ3v) is 3.79. The van der Waals surface area contributed by atoms with Gasteiger partial charge in [0, 0.05) is 6.54 Å². The van der Waals surface area contributed by atoms with Gasteiger partial charge in [0.2, 0.25) is 5.91 Å². The van der Waals surface area contributed by atoms with Gasteiger partial charge in [-0.1, -0.05) is 6.92 Å². The van der Waals surface area contributed by atoms with Crippen molar-refractivity contribution in [3.63, 3.8) is 0 Å². The fourth-order valence-electron chi connectivity index (χ4n) is 2.54. The summed E-state index contributed by atoms with van der Waals surface area (Å²) in [5.41, 5.74) is 4.26. The molecule has 0 spiro atoms. The van der Waals surface area contributed by atoms with Crippen LogP contribution in [0.2, 0.25) is 0 Å². The molecule has 22 heavy (non-hydrogen) atoms. The van der Waals surface area contributed by atoms with Gasteiger partial charge in [0.15, 0.2) is 23.3 Å². The number of nitrogens with zero attached hydrogens (tertiary/aromatic N) is 1. The first-order chi connectivity index (χ1) is 10.2. The number of hydrogen-bond donors (Lipinski definition) is 1. The van der Waals surface area contributed by atoms with Crippen LogP contribution < -0.4 is 5.73 Å². The fourth-order valence-corrected chi connectivity index (χ4v) is 2.54. The number of rotatable bonds is 2. The molecule has 8 heteroatoms. The van der Waals surface area contributed by atoms with E-state index >= 15 is 0 Å². The summed E-state index contributed by atoms with van der Waals surface area (Å²) in [6, 6.07) is -0.710. The minimum Gasteiger partial charge on any atom is -0.368 e. The first-order valence-corrected chi connectivity index (χ1v) is 6.67. The minimum absolute atomic E-state index is 0.0909. The van der Waals surface area contributed by atoms with Crippen LogP contribution in [0.5, 0.6) is 0 Å². The van der Waals surface area contributed by atoms with E-state index in [9.17, 15) is 27.2 Å². The van der Waals surface area contributed by atoms with Gasteiger partial charge in [0.25, 0.3) is 5.91 Å². The van der Waals surface area contributed by atoms with Gasteiger partial charge < -0.3 is 10.6 Å². The zero-order valence-corrected chi connectivity index (χ0v) is 11.7. The van der Waals surface area contributed by atoms with Crippen molar-refractivity contribution in [2.45, 2.75) is 25.8 Å². The summed E-state index contributed by atoms with van der Waals surface area (Å²) < 4.78 is 53.1. The van der Waals surface area contributed by atoms with Crippen LogP contribution in [-0.2, 0) is 4.79 Å². The van der Waals surface area contributed by atoms with Crippen LogP contribution in [-0.4, -0.2) is 29.3 Å². The number of hydrogen-bond acceptors (Lipinski definition) is 2. The van der Waals surface area contributed by atoms with E-state index < -0.39 is 46.7 Å². The van der Waals surface area contributed by atoms with Crippen molar-refractivity contribution in [2.24, 2.45) is 11.7 Å². The van der Waals surface area contributed by atoms with E-state index in [2.05, 4.69) is 0 Å². The van der Waals surface area contributed by atoms with Crippen LogP contribution in [0.15, 0.2) is 6.07 Å². The first-order valence-electron chi connectivity index (χ1n) is 6.67. The Kier molecular flexibility index (Phi) is 4.39. The lowest BCUT2D eigenvalue weighted by atomic mass is 9.91. The van der Waals surface area contributed by atoms with E-state index in [1.54, 1.807) is 0 Å². The second-order valence-corrected chi connectivity index (χ2v) is 5.39. The normalized spacial score (nSPS) is 21.8. The maximum Gasteiger partial charge on any atom is 0.257 e. The van der Waals surface area contributed by atoms with Crippen LogP contribution in [0.3, 0.4) is 0 Å². The highest BCUT2D eigenvalue weighted by Gasteiger charge is 2.36. The number of primary amides is 1. The smallest absolute Gasteiger partial charge is 0.257 e. The van der Waals surface area contributed by atoms with Gasteiger partial charge >= 0.3 is 0 Å². The van der Waals surface area contributed by atoms with E-state index in [1.165, 1.54) is 0 Å². The molecule has 0 aliphatic carbocycles. The van der Waals surface area contributed by atoms with Gasteiger partial charge in [-0.25, -0.2) is 17.6 Å². The Labute approximate surface area is 123 Å². The molecule has 2 amide bonds. The van der Waals surface area contributed by atoms with Gasteiger partial charge in [-0.2, -0.15) is 0 Å². The Balaban J connectivity index is 2.41. The van der Waals surface area contributed by atoms with Gasteiger partial charge in [0.05, 0.1) is 5.56 Å². The summed E-state index contributed by atoms with van der Waals surface area (Å²) in [5, 5.41) is 0. The molecule has 0 radical (unpaired) electrons. The zero-order chi connectivity index (χ0) is 16.6. The summed E-state index contributed by atoms with van der Waals surface area (Å²) in [4.78, 5) is 24.7. The molecule has 4 nitrogen and oxygen atoms in total. The second-order valence-electron chi connectivity index (χ2n) is 5.39. The van der Waals surface area contributed by atoms with E-state index in [0.29, 0.717) is 6.42 Å². The molecular formula is C14H14F4N2O2. The Morgan fingerprint density at radius 2 is 1.82 bits per heavy atom. The largest absolute Gasteiger partial charge is 0.368 e. The molecular weight excluding hydrogens is 304 g/mol. The Bertz CT molecular complexity index is 636. The third-order valence-electron chi connectivity index (χ3n) is 3.79. The lowest BCUT2D eigenvalue weighted by Gasteiger charge is -2.36. The second kappa shape index (κ2) is 5.94. The van der Waals surface area contributed by atoms with Crippen molar-refractivity contribution in [3.8, 4) is 0 Å².